The van der Waals surface area contributed by atoms with E-state index in [9.17, 15) is 4.79 Å². The van der Waals surface area contributed by atoms with Gasteiger partial charge in [0.2, 0.25) is 0 Å². The maximum absolute atomic E-state index is 11.8. The maximum Gasteiger partial charge on any atom is 0.326 e. The van der Waals surface area contributed by atoms with Crippen LogP contribution in [0.2, 0.25) is 0 Å². The fourth-order valence-corrected chi connectivity index (χ4v) is 1.97. The molecule has 98 valence electrons. The Kier molecular flexibility index (Phi) is 4.95. The summed E-state index contributed by atoms with van der Waals surface area (Å²) in [4.78, 5) is 13.6. The van der Waals surface area contributed by atoms with Crippen molar-refractivity contribution < 1.29 is 4.79 Å². The standard InChI is InChI=1S/C13H16N2O.C2H6/c1-9-4-5-12(10(2)8-9)15-7-6-11(3)14-13(15)16;1-2/h4-5,8H,3,6-7H2,1-2H3,(H,14,16);1-2H3. The highest BCUT2D eigenvalue weighted by Crippen LogP contribution is 2.23. The van der Waals surface area contributed by atoms with Crippen LogP contribution in [0.15, 0.2) is 30.5 Å². The zero-order valence-electron chi connectivity index (χ0n) is 11.7. The number of aryl methyl sites for hydroxylation is 2. The van der Waals surface area contributed by atoms with Gasteiger partial charge in [0.1, 0.15) is 0 Å². The van der Waals surface area contributed by atoms with Gasteiger partial charge in [-0.3, -0.25) is 4.90 Å². The molecule has 0 spiro atoms. The molecule has 0 aromatic heterocycles. The first-order chi connectivity index (χ1) is 8.58. The van der Waals surface area contributed by atoms with E-state index in [1.165, 1.54) is 5.56 Å². The highest BCUT2D eigenvalue weighted by Gasteiger charge is 2.22. The Hall–Kier alpha value is -1.77. The average Bonchev–Trinajstić information content (AvgIpc) is 2.33. The number of hydrogen-bond donors (Lipinski definition) is 1. The van der Waals surface area contributed by atoms with Crippen LogP contribution < -0.4 is 10.2 Å². The Labute approximate surface area is 109 Å². The van der Waals surface area contributed by atoms with Crippen molar-refractivity contribution in [2.45, 2.75) is 34.1 Å². The van der Waals surface area contributed by atoms with Crippen LogP contribution in [0.1, 0.15) is 31.4 Å². The lowest BCUT2D eigenvalue weighted by Crippen LogP contribution is -2.45. The predicted molar refractivity (Wildman–Crippen MR) is 76.9 cm³/mol. The van der Waals surface area contributed by atoms with Gasteiger partial charge in [-0.1, -0.05) is 38.1 Å². The highest BCUT2D eigenvalue weighted by molar-refractivity contribution is 5.94. The summed E-state index contributed by atoms with van der Waals surface area (Å²) in [5, 5.41) is 2.76. The molecule has 1 aliphatic heterocycles. The zero-order valence-corrected chi connectivity index (χ0v) is 11.7. The van der Waals surface area contributed by atoms with Gasteiger partial charge in [0.05, 0.1) is 0 Å². The van der Waals surface area contributed by atoms with Crippen molar-refractivity contribution in [1.29, 1.82) is 0 Å². The van der Waals surface area contributed by atoms with E-state index in [1.54, 1.807) is 4.90 Å². The second-order valence-corrected chi connectivity index (χ2v) is 4.23. The van der Waals surface area contributed by atoms with Crippen molar-refractivity contribution in [3.8, 4) is 0 Å². The summed E-state index contributed by atoms with van der Waals surface area (Å²) in [6.07, 6.45) is 0.805. The number of carbonyl (C=O) groups excluding carboxylic acids is 1. The van der Waals surface area contributed by atoms with E-state index in [0.717, 1.165) is 23.4 Å². The molecule has 0 unspecified atom stereocenters. The number of hydrogen-bond acceptors (Lipinski definition) is 1. The Bertz CT molecular complexity index is 452. The topological polar surface area (TPSA) is 32.3 Å². The molecule has 1 aliphatic rings. The molecule has 1 saturated heterocycles. The van der Waals surface area contributed by atoms with E-state index < -0.39 is 0 Å². The fraction of sp³-hybridized carbons (Fsp3) is 0.400. The molecule has 0 radical (unpaired) electrons. The van der Waals surface area contributed by atoms with Gasteiger partial charge in [0, 0.05) is 24.4 Å². The molecule has 3 nitrogen and oxygen atoms in total. The number of carbonyl (C=O) groups is 1. The molecule has 1 aromatic rings. The van der Waals surface area contributed by atoms with E-state index in [1.807, 2.05) is 32.9 Å². The summed E-state index contributed by atoms with van der Waals surface area (Å²) >= 11 is 0. The van der Waals surface area contributed by atoms with Crippen molar-refractivity contribution >= 4 is 11.7 Å². The Balaban J connectivity index is 0.000000771. The summed E-state index contributed by atoms with van der Waals surface area (Å²) < 4.78 is 0. The Morgan fingerprint density at radius 1 is 1.28 bits per heavy atom. The molecule has 2 amide bonds. The molecule has 0 aliphatic carbocycles. The number of anilines is 1. The molecule has 0 saturated carbocycles. The minimum atomic E-state index is -0.0804. The highest BCUT2D eigenvalue weighted by atomic mass is 16.2. The van der Waals surface area contributed by atoms with Crippen molar-refractivity contribution in [2.24, 2.45) is 0 Å². The van der Waals surface area contributed by atoms with E-state index >= 15 is 0 Å². The van der Waals surface area contributed by atoms with Crippen molar-refractivity contribution in [2.75, 3.05) is 11.4 Å². The van der Waals surface area contributed by atoms with Crippen LogP contribution in [0.25, 0.3) is 0 Å². The number of rotatable bonds is 1. The van der Waals surface area contributed by atoms with E-state index in [0.29, 0.717) is 6.54 Å². The summed E-state index contributed by atoms with van der Waals surface area (Å²) in [6, 6.07) is 6.03. The number of benzene rings is 1. The molecule has 18 heavy (non-hydrogen) atoms. The molecule has 1 fully saturated rings. The molecular weight excluding hydrogens is 224 g/mol. The van der Waals surface area contributed by atoms with Crippen LogP contribution in [-0.2, 0) is 0 Å². The summed E-state index contributed by atoms with van der Waals surface area (Å²) in [7, 11) is 0. The molecule has 3 heteroatoms. The van der Waals surface area contributed by atoms with Crippen LogP contribution in [0.3, 0.4) is 0 Å². The fourth-order valence-electron chi connectivity index (χ4n) is 1.97. The number of amides is 2. The van der Waals surface area contributed by atoms with Gasteiger partial charge in [-0.25, -0.2) is 4.79 Å². The van der Waals surface area contributed by atoms with E-state index in [4.69, 9.17) is 0 Å². The lowest BCUT2D eigenvalue weighted by atomic mass is 10.1. The third-order valence-corrected chi connectivity index (χ3v) is 2.81. The Morgan fingerprint density at radius 3 is 2.50 bits per heavy atom. The van der Waals surface area contributed by atoms with Gasteiger partial charge in [-0.15, -0.1) is 0 Å². The molecule has 0 bridgehead atoms. The third kappa shape index (κ3) is 3.13. The largest absolute Gasteiger partial charge is 0.326 e. The lowest BCUT2D eigenvalue weighted by molar-refractivity contribution is 0.246. The van der Waals surface area contributed by atoms with Gasteiger partial charge in [0.25, 0.3) is 0 Å². The summed E-state index contributed by atoms with van der Waals surface area (Å²) in [5.41, 5.74) is 4.12. The number of urea groups is 1. The van der Waals surface area contributed by atoms with Crippen LogP contribution in [0, 0.1) is 13.8 Å². The second-order valence-electron chi connectivity index (χ2n) is 4.23. The van der Waals surface area contributed by atoms with Gasteiger partial charge < -0.3 is 5.32 Å². The van der Waals surface area contributed by atoms with Gasteiger partial charge in [-0.2, -0.15) is 0 Å². The third-order valence-electron chi connectivity index (χ3n) is 2.81. The van der Waals surface area contributed by atoms with Crippen LogP contribution in [0.5, 0.6) is 0 Å². The molecule has 1 aromatic carbocycles. The van der Waals surface area contributed by atoms with Crippen molar-refractivity contribution in [3.63, 3.8) is 0 Å². The van der Waals surface area contributed by atoms with Crippen molar-refractivity contribution in [1.82, 2.24) is 5.32 Å². The van der Waals surface area contributed by atoms with E-state index in [-0.39, 0.29) is 6.03 Å². The SMILES string of the molecule is C=C1CCN(c2ccc(C)cc2C)C(=O)N1.CC. The maximum atomic E-state index is 11.8. The second kappa shape index (κ2) is 6.24. The molecule has 1 N–H and O–H groups in total. The minimum absolute atomic E-state index is 0.0804. The minimum Gasteiger partial charge on any atom is -0.312 e. The molecule has 2 rings (SSSR count). The van der Waals surface area contributed by atoms with Gasteiger partial charge >= 0.3 is 6.03 Å². The first-order valence-electron chi connectivity index (χ1n) is 6.41. The quantitative estimate of drug-likeness (QED) is 0.804. The van der Waals surface area contributed by atoms with E-state index in [2.05, 4.69) is 24.9 Å². The molecule has 1 heterocycles. The summed E-state index contributed by atoms with van der Waals surface area (Å²) in [5.74, 6) is 0. The van der Waals surface area contributed by atoms with Gasteiger partial charge in [-0.05, 0) is 25.5 Å². The van der Waals surface area contributed by atoms with Crippen LogP contribution in [0.4, 0.5) is 10.5 Å². The molecular formula is C15H22N2O. The lowest BCUT2D eigenvalue weighted by Gasteiger charge is -2.29. The predicted octanol–water partition coefficient (Wildman–Crippen LogP) is 3.76. The van der Waals surface area contributed by atoms with Gasteiger partial charge in [0.15, 0.2) is 0 Å². The molecule has 0 atom stereocenters. The first-order valence-corrected chi connectivity index (χ1v) is 6.41. The number of nitrogens with zero attached hydrogens (tertiary/aromatic N) is 1. The van der Waals surface area contributed by atoms with Crippen LogP contribution >= 0.6 is 0 Å². The normalized spacial score (nSPS) is 14.8. The summed E-state index contributed by atoms with van der Waals surface area (Å²) in [6.45, 7) is 12.6. The zero-order chi connectivity index (χ0) is 13.7. The number of nitrogens with one attached hydrogen (secondary N) is 1. The monoisotopic (exact) mass is 246 g/mol. The first kappa shape index (κ1) is 14.3. The average molecular weight is 246 g/mol. The van der Waals surface area contributed by atoms with Crippen LogP contribution in [-0.4, -0.2) is 12.6 Å². The Morgan fingerprint density at radius 2 is 1.94 bits per heavy atom. The smallest absolute Gasteiger partial charge is 0.312 e. The van der Waals surface area contributed by atoms with Crippen molar-refractivity contribution in [3.05, 3.63) is 41.6 Å².